The zero-order chi connectivity index (χ0) is 19.3. The van der Waals surface area contributed by atoms with E-state index < -0.39 is 0 Å². The van der Waals surface area contributed by atoms with Gasteiger partial charge in [0.15, 0.2) is 0 Å². The summed E-state index contributed by atoms with van der Waals surface area (Å²) in [5, 5.41) is 10.6. The number of nitrogens with zero attached hydrogens (tertiary/aromatic N) is 1. The lowest BCUT2D eigenvalue weighted by Crippen LogP contribution is -2.25. The fraction of sp³-hybridized carbons (Fsp3) is 0.682. The summed E-state index contributed by atoms with van der Waals surface area (Å²) in [4.78, 5) is 14.5. The maximum atomic E-state index is 12.0. The molecule has 0 aliphatic carbocycles. The van der Waals surface area contributed by atoms with Crippen LogP contribution >= 0.6 is 0 Å². The Morgan fingerprint density at radius 1 is 1.15 bits per heavy atom. The first kappa shape index (κ1) is 20.8. The molecule has 2 rings (SSSR count). The molecule has 26 heavy (non-hydrogen) atoms. The summed E-state index contributed by atoms with van der Waals surface area (Å²) < 4.78 is 5.20. The molecule has 0 aromatic heterocycles. The first-order valence-corrected chi connectivity index (χ1v) is 10.1. The van der Waals surface area contributed by atoms with Gasteiger partial charge in [-0.15, -0.1) is 0 Å². The van der Waals surface area contributed by atoms with E-state index in [0.29, 0.717) is 24.2 Å². The van der Waals surface area contributed by atoms with E-state index >= 15 is 0 Å². The van der Waals surface area contributed by atoms with Gasteiger partial charge in [-0.1, -0.05) is 39.8 Å². The molecule has 1 fully saturated rings. The van der Waals surface area contributed by atoms with Gasteiger partial charge in [-0.05, 0) is 67.8 Å². The van der Waals surface area contributed by atoms with Crippen molar-refractivity contribution in [2.45, 2.75) is 72.3 Å². The summed E-state index contributed by atoms with van der Waals surface area (Å²) in [5.41, 5.74) is 3.32. The second-order valence-corrected chi connectivity index (χ2v) is 8.09. The highest BCUT2D eigenvalue weighted by Crippen LogP contribution is 2.35. The number of rotatable bonds is 6. The largest absolute Gasteiger partial charge is 0.507 e. The van der Waals surface area contributed by atoms with Gasteiger partial charge in [-0.25, -0.2) is 0 Å². The lowest BCUT2D eigenvalue weighted by Gasteiger charge is -2.23. The van der Waals surface area contributed by atoms with Gasteiger partial charge in [0.05, 0.1) is 12.5 Å². The number of ether oxygens (including phenoxy) is 1. The monoisotopic (exact) mass is 361 g/mol. The highest BCUT2D eigenvalue weighted by atomic mass is 16.5. The second-order valence-electron chi connectivity index (χ2n) is 8.09. The number of aromatic hydroxyl groups is 1. The number of phenolic OH excluding ortho intramolecular Hbond substituents is 1. The standard InChI is InChI=1S/C22H35NO3/c1-6-26-22(25)18-8-7-10-23(11-9-18)14-17-12-19(15(2)3)21(24)20(13-17)16(4)5/h12-13,15-16,18,24H,6-11,14H2,1-5H3. The van der Waals surface area contributed by atoms with Crippen LogP contribution in [0, 0.1) is 5.92 Å². The van der Waals surface area contributed by atoms with Crippen molar-refractivity contribution < 1.29 is 14.6 Å². The third kappa shape index (κ3) is 5.23. The van der Waals surface area contributed by atoms with Crippen LogP contribution in [-0.4, -0.2) is 35.7 Å². The molecule has 4 nitrogen and oxygen atoms in total. The van der Waals surface area contributed by atoms with Crippen LogP contribution in [-0.2, 0) is 16.1 Å². The Morgan fingerprint density at radius 3 is 2.31 bits per heavy atom. The molecule has 1 atom stereocenters. The third-order valence-electron chi connectivity index (χ3n) is 5.32. The lowest BCUT2D eigenvalue weighted by molar-refractivity contribution is -0.148. The Balaban J connectivity index is 2.11. The minimum Gasteiger partial charge on any atom is -0.507 e. The van der Waals surface area contributed by atoms with Crippen LogP contribution in [0.4, 0.5) is 0 Å². The van der Waals surface area contributed by atoms with E-state index in [1.54, 1.807) is 0 Å². The molecule has 1 aromatic rings. The van der Waals surface area contributed by atoms with Crippen molar-refractivity contribution in [2.75, 3.05) is 19.7 Å². The molecule has 1 unspecified atom stereocenters. The minimum absolute atomic E-state index is 0.0387. The van der Waals surface area contributed by atoms with Crippen molar-refractivity contribution in [1.29, 1.82) is 0 Å². The molecule has 146 valence electrons. The molecule has 0 amide bonds. The number of esters is 1. The highest BCUT2D eigenvalue weighted by Gasteiger charge is 2.24. The summed E-state index contributed by atoms with van der Waals surface area (Å²) in [6.45, 7) is 13.6. The lowest BCUT2D eigenvalue weighted by atomic mass is 9.91. The van der Waals surface area contributed by atoms with Crippen molar-refractivity contribution in [1.82, 2.24) is 4.90 Å². The molecule has 1 N–H and O–H groups in total. The molecule has 1 heterocycles. The van der Waals surface area contributed by atoms with E-state index in [4.69, 9.17) is 4.74 Å². The van der Waals surface area contributed by atoms with Gasteiger partial charge in [-0.3, -0.25) is 9.69 Å². The zero-order valence-electron chi connectivity index (χ0n) is 17.0. The number of hydrogen-bond acceptors (Lipinski definition) is 4. The van der Waals surface area contributed by atoms with Gasteiger partial charge in [0.25, 0.3) is 0 Å². The zero-order valence-corrected chi connectivity index (χ0v) is 17.0. The Morgan fingerprint density at radius 2 is 1.77 bits per heavy atom. The van der Waals surface area contributed by atoms with E-state index in [-0.39, 0.29) is 11.9 Å². The average Bonchev–Trinajstić information content (AvgIpc) is 2.81. The van der Waals surface area contributed by atoms with Gasteiger partial charge < -0.3 is 9.84 Å². The van der Waals surface area contributed by atoms with Crippen LogP contribution in [0.1, 0.15) is 82.4 Å². The molecule has 1 saturated heterocycles. The van der Waals surface area contributed by atoms with Crippen molar-refractivity contribution in [2.24, 2.45) is 5.92 Å². The van der Waals surface area contributed by atoms with Gasteiger partial charge >= 0.3 is 5.97 Å². The number of carbonyl (C=O) groups is 1. The van der Waals surface area contributed by atoms with Crippen molar-refractivity contribution in [3.63, 3.8) is 0 Å². The molecule has 0 saturated carbocycles. The number of hydrogen-bond donors (Lipinski definition) is 1. The van der Waals surface area contributed by atoms with E-state index in [9.17, 15) is 9.90 Å². The smallest absolute Gasteiger partial charge is 0.308 e. The molecule has 1 aliphatic heterocycles. The van der Waals surface area contributed by atoms with Crippen molar-refractivity contribution in [3.8, 4) is 5.75 Å². The Hall–Kier alpha value is -1.55. The van der Waals surface area contributed by atoms with Gasteiger partial charge in [0, 0.05) is 6.54 Å². The van der Waals surface area contributed by atoms with Gasteiger partial charge in [-0.2, -0.15) is 0 Å². The summed E-state index contributed by atoms with van der Waals surface area (Å²) in [6, 6.07) is 4.30. The van der Waals surface area contributed by atoms with Crippen LogP contribution in [0.25, 0.3) is 0 Å². The van der Waals surface area contributed by atoms with E-state index in [0.717, 1.165) is 50.0 Å². The van der Waals surface area contributed by atoms with E-state index in [2.05, 4.69) is 44.7 Å². The third-order valence-corrected chi connectivity index (χ3v) is 5.32. The van der Waals surface area contributed by atoms with Gasteiger partial charge in [0.1, 0.15) is 5.75 Å². The summed E-state index contributed by atoms with van der Waals surface area (Å²) in [7, 11) is 0. The number of phenols is 1. The van der Waals surface area contributed by atoms with Crippen molar-refractivity contribution >= 4 is 5.97 Å². The Bertz CT molecular complexity index is 580. The normalized spacial score (nSPS) is 19.0. The summed E-state index contributed by atoms with van der Waals surface area (Å²) in [5.74, 6) is 1.05. The fourth-order valence-electron chi connectivity index (χ4n) is 3.78. The first-order chi connectivity index (χ1) is 12.3. The topological polar surface area (TPSA) is 49.8 Å². The van der Waals surface area contributed by atoms with Crippen LogP contribution in [0.3, 0.4) is 0 Å². The molecular weight excluding hydrogens is 326 g/mol. The molecule has 4 heteroatoms. The summed E-state index contributed by atoms with van der Waals surface area (Å²) >= 11 is 0. The maximum Gasteiger partial charge on any atom is 0.308 e. The number of benzene rings is 1. The van der Waals surface area contributed by atoms with Crippen LogP contribution in [0.5, 0.6) is 5.75 Å². The van der Waals surface area contributed by atoms with E-state index in [1.165, 1.54) is 5.56 Å². The minimum atomic E-state index is -0.0387. The Kier molecular flexibility index (Phi) is 7.51. The van der Waals surface area contributed by atoms with Gasteiger partial charge in [0.2, 0.25) is 0 Å². The van der Waals surface area contributed by atoms with Crippen LogP contribution < -0.4 is 0 Å². The second kappa shape index (κ2) is 9.40. The fourth-order valence-corrected chi connectivity index (χ4v) is 3.78. The predicted molar refractivity (Wildman–Crippen MR) is 106 cm³/mol. The maximum absolute atomic E-state index is 12.0. The summed E-state index contributed by atoms with van der Waals surface area (Å²) in [6.07, 6.45) is 2.81. The molecule has 1 aromatic carbocycles. The average molecular weight is 362 g/mol. The molecular formula is C22H35NO3. The van der Waals surface area contributed by atoms with Crippen LogP contribution in [0.2, 0.25) is 0 Å². The molecule has 0 spiro atoms. The van der Waals surface area contributed by atoms with Crippen LogP contribution in [0.15, 0.2) is 12.1 Å². The first-order valence-electron chi connectivity index (χ1n) is 10.1. The van der Waals surface area contributed by atoms with Crippen molar-refractivity contribution in [3.05, 3.63) is 28.8 Å². The SMILES string of the molecule is CCOC(=O)C1CCCN(Cc2cc(C(C)C)c(O)c(C(C)C)c2)CC1. The molecule has 0 radical (unpaired) electrons. The Labute approximate surface area is 158 Å². The molecule has 0 bridgehead atoms. The number of carbonyl (C=O) groups excluding carboxylic acids is 1. The predicted octanol–water partition coefficient (Wildman–Crippen LogP) is 4.80. The number of likely N-dealkylation sites (tertiary alicyclic amines) is 1. The molecule has 1 aliphatic rings. The highest BCUT2D eigenvalue weighted by molar-refractivity contribution is 5.72. The quantitative estimate of drug-likeness (QED) is 0.739. The van der Waals surface area contributed by atoms with E-state index in [1.807, 2.05) is 6.92 Å².